The summed E-state index contributed by atoms with van der Waals surface area (Å²) in [5, 5.41) is 0. The van der Waals surface area contributed by atoms with Gasteiger partial charge in [-0.05, 0) is 36.1 Å². The monoisotopic (exact) mass is 335 g/mol. The molecule has 0 bridgehead atoms. The topological polar surface area (TPSA) is 57.2 Å². The molecule has 2 aliphatic rings. The van der Waals surface area contributed by atoms with Gasteiger partial charge in [0.2, 0.25) is 5.91 Å². The molecule has 1 amide bonds. The summed E-state index contributed by atoms with van der Waals surface area (Å²) < 4.78 is 21.6. The third-order valence-corrected chi connectivity index (χ3v) is 4.61. The molecular formula is C18H25NO5. The van der Waals surface area contributed by atoms with E-state index in [-0.39, 0.29) is 12.2 Å². The summed E-state index contributed by atoms with van der Waals surface area (Å²) >= 11 is 0. The lowest BCUT2D eigenvalue weighted by atomic mass is 10.0. The molecular weight excluding hydrogens is 310 g/mol. The van der Waals surface area contributed by atoms with Crippen molar-refractivity contribution in [3.8, 4) is 11.5 Å². The second-order valence-corrected chi connectivity index (χ2v) is 6.10. The van der Waals surface area contributed by atoms with E-state index in [1.807, 2.05) is 17.0 Å². The van der Waals surface area contributed by atoms with Crippen LogP contribution in [-0.4, -0.2) is 57.6 Å². The van der Waals surface area contributed by atoms with Crippen LogP contribution in [0.3, 0.4) is 0 Å². The first-order chi connectivity index (χ1) is 11.7. The molecule has 0 aromatic heterocycles. The first kappa shape index (κ1) is 17.0. The summed E-state index contributed by atoms with van der Waals surface area (Å²) in [5.41, 5.74) is 2.19. The van der Waals surface area contributed by atoms with Crippen LogP contribution in [0.5, 0.6) is 11.5 Å². The van der Waals surface area contributed by atoms with Crippen LogP contribution in [0.1, 0.15) is 24.0 Å². The van der Waals surface area contributed by atoms with Crippen molar-refractivity contribution < 1.29 is 23.7 Å². The fraction of sp³-hybridized carbons (Fsp3) is 0.611. The molecule has 0 N–H and O–H groups in total. The molecule has 1 fully saturated rings. The van der Waals surface area contributed by atoms with Crippen molar-refractivity contribution in [2.75, 3.05) is 40.5 Å². The fourth-order valence-electron chi connectivity index (χ4n) is 3.27. The van der Waals surface area contributed by atoms with E-state index < -0.39 is 0 Å². The smallest absolute Gasteiger partial charge is 0.227 e. The maximum absolute atomic E-state index is 12.5. The van der Waals surface area contributed by atoms with Gasteiger partial charge in [-0.3, -0.25) is 4.79 Å². The molecule has 0 atom stereocenters. The van der Waals surface area contributed by atoms with Gasteiger partial charge in [0.1, 0.15) is 0 Å². The summed E-state index contributed by atoms with van der Waals surface area (Å²) in [6, 6.07) is 3.92. The number of rotatable bonds is 6. The van der Waals surface area contributed by atoms with E-state index in [9.17, 15) is 4.79 Å². The van der Waals surface area contributed by atoms with E-state index in [1.54, 1.807) is 14.2 Å². The summed E-state index contributed by atoms with van der Waals surface area (Å²) in [4.78, 5) is 14.5. The van der Waals surface area contributed by atoms with Crippen molar-refractivity contribution in [2.45, 2.75) is 32.0 Å². The summed E-state index contributed by atoms with van der Waals surface area (Å²) in [5.74, 6) is 1.55. The average molecular weight is 335 g/mol. The lowest BCUT2D eigenvalue weighted by Crippen LogP contribution is -2.33. The van der Waals surface area contributed by atoms with Crippen LogP contribution in [0.15, 0.2) is 12.1 Å². The molecule has 0 spiro atoms. The quantitative estimate of drug-likeness (QED) is 0.793. The van der Waals surface area contributed by atoms with Gasteiger partial charge in [0.05, 0.1) is 33.9 Å². The molecule has 2 aliphatic heterocycles. The second-order valence-electron chi connectivity index (χ2n) is 6.10. The fourth-order valence-corrected chi connectivity index (χ4v) is 3.27. The molecule has 6 heteroatoms. The Morgan fingerprint density at radius 1 is 1.12 bits per heavy atom. The van der Waals surface area contributed by atoms with E-state index in [0.29, 0.717) is 31.1 Å². The number of nitrogens with zero attached hydrogens (tertiary/aromatic N) is 1. The van der Waals surface area contributed by atoms with E-state index in [0.717, 1.165) is 43.5 Å². The van der Waals surface area contributed by atoms with Crippen molar-refractivity contribution in [1.29, 1.82) is 0 Å². The molecule has 0 saturated carbocycles. The molecule has 1 saturated heterocycles. The van der Waals surface area contributed by atoms with Crippen LogP contribution in [0.25, 0.3) is 0 Å². The third kappa shape index (κ3) is 3.82. The summed E-state index contributed by atoms with van der Waals surface area (Å²) in [6.45, 7) is 2.82. The number of hydrogen-bond acceptors (Lipinski definition) is 5. The Morgan fingerprint density at radius 3 is 2.46 bits per heavy atom. The minimum atomic E-state index is -0.0993. The van der Waals surface area contributed by atoms with Crippen LogP contribution in [0, 0.1) is 0 Å². The van der Waals surface area contributed by atoms with Gasteiger partial charge in [-0.1, -0.05) is 0 Å². The number of hydrogen-bond donors (Lipinski definition) is 0. The Bertz CT molecular complexity index is 583. The van der Waals surface area contributed by atoms with Crippen LogP contribution in [0.2, 0.25) is 0 Å². The third-order valence-electron chi connectivity index (χ3n) is 4.61. The molecule has 6 nitrogen and oxygen atoms in total. The average Bonchev–Trinajstić information content (AvgIpc) is 3.06. The SMILES string of the molecule is COc1cc2c(cc1OC)CC(=O)N(CCCC1OCCO1)CC2. The van der Waals surface area contributed by atoms with Crippen molar-refractivity contribution in [3.63, 3.8) is 0 Å². The highest BCUT2D eigenvalue weighted by Crippen LogP contribution is 2.32. The van der Waals surface area contributed by atoms with Crippen molar-refractivity contribution in [3.05, 3.63) is 23.3 Å². The van der Waals surface area contributed by atoms with Crippen LogP contribution in [-0.2, 0) is 27.1 Å². The first-order valence-corrected chi connectivity index (χ1v) is 8.46. The lowest BCUT2D eigenvalue weighted by molar-refractivity contribution is -0.130. The summed E-state index contributed by atoms with van der Waals surface area (Å²) in [7, 11) is 3.24. The molecule has 24 heavy (non-hydrogen) atoms. The number of benzene rings is 1. The zero-order valence-corrected chi connectivity index (χ0v) is 14.4. The lowest BCUT2D eigenvalue weighted by Gasteiger charge is -2.21. The molecule has 0 aliphatic carbocycles. The zero-order valence-electron chi connectivity index (χ0n) is 14.4. The molecule has 0 radical (unpaired) electrons. The Hall–Kier alpha value is -1.79. The van der Waals surface area contributed by atoms with Gasteiger partial charge < -0.3 is 23.8 Å². The van der Waals surface area contributed by atoms with Crippen LogP contribution >= 0.6 is 0 Å². The Labute approximate surface area is 142 Å². The zero-order chi connectivity index (χ0) is 16.9. The molecule has 1 aromatic carbocycles. The van der Waals surface area contributed by atoms with Gasteiger partial charge >= 0.3 is 0 Å². The predicted molar refractivity (Wildman–Crippen MR) is 88.5 cm³/mol. The number of amides is 1. The van der Waals surface area contributed by atoms with Crippen molar-refractivity contribution in [1.82, 2.24) is 4.90 Å². The van der Waals surface area contributed by atoms with Crippen molar-refractivity contribution in [2.24, 2.45) is 0 Å². The molecule has 0 unspecified atom stereocenters. The number of carbonyl (C=O) groups excluding carboxylic acids is 1. The molecule has 132 valence electrons. The second kappa shape index (κ2) is 7.85. The van der Waals surface area contributed by atoms with E-state index >= 15 is 0 Å². The molecule has 2 heterocycles. The van der Waals surface area contributed by atoms with Crippen LogP contribution in [0.4, 0.5) is 0 Å². The first-order valence-electron chi connectivity index (χ1n) is 8.46. The standard InChI is InChI=1S/C18H25NO5/c1-21-15-10-13-5-7-19(6-3-4-18-23-8-9-24-18)17(20)12-14(13)11-16(15)22-2/h10-11,18H,3-9,12H2,1-2H3. The number of ether oxygens (including phenoxy) is 4. The number of methoxy groups -OCH3 is 2. The minimum absolute atomic E-state index is 0.0993. The minimum Gasteiger partial charge on any atom is -0.493 e. The number of carbonyl (C=O) groups is 1. The van der Waals surface area contributed by atoms with E-state index in [1.165, 1.54) is 0 Å². The Kier molecular flexibility index (Phi) is 5.58. The maximum Gasteiger partial charge on any atom is 0.227 e. The number of fused-ring (bicyclic) bond motifs is 1. The molecule has 3 rings (SSSR count). The Balaban J connectivity index is 1.62. The summed E-state index contributed by atoms with van der Waals surface area (Å²) in [6.07, 6.45) is 2.86. The van der Waals surface area contributed by atoms with E-state index in [2.05, 4.69) is 0 Å². The highest BCUT2D eigenvalue weighted by molar-refractivity contribution is 5.80. The van der Waals surface area contributed by atoms with E-state index in [4.69, 9.17) is 18.9 Å². The normalized spacial score (nSPS) is 18.4. The Morgan fingerprint density at radius 2 is 1.79 bits per heavy atom. The predicted octanol–water partition coefficient (Wildman–Crippen LogP) is 1.78. The highest BCUT2D eigenvalue weighted by atomic mass is 16.7. The van der Waals surface area contributed by atoms with Gasteiger partial charge in [-0.25, -0.2) is 0 Å². The largest absolute Gasteiger partial charge is 0.493 e. The van der Waals surface area contributed by atoms with Gasteiger partial charge in [0.25, 0.3) is 0 Å². The van der Waals surface area contributed by atoms with Gasteiger partial charge in [-0.15, -0.1) is 0 Å². The van der Waals surface area contributed by atoms with Gasteiger partial charge in [0, 0.05) is 19.5 Å². The van der Waals surface area contributed by atoms with Crippen LogP contribution < -0.4 is 9.47 Å². The highest BCUT2D eigenvalue weighted by Gasteiger charge is 2.23. The molecule has 1 aromatic rings. The van der Waals surface area contributed by atoms with Gasteiger partial charge in [-0.2, -0.15) is 0 Å². The van der Waals surface area contributed by atoms with Crippen molar-refractivity contribution >= 4 is 5.91 Å². The van der Waals surface area contributed by atoms with Gasteiger partial charge in [0.15, 0.2) is 17.8 Å². The maximum atomic E-state index is 12.5.